The number of hydrogen-bond acceptors (Lipinski definition) is 2. The molecule has 1 rings (SSSR count). The second-order valence-corrected chi connectivity index (χ2v) is 2.66. The zero-order valence-electron chi connectivity index (χ0n) is 6.95. The van der Waals surface area contributed by atoms with Gasteiger partial charge in [0.25, 0.3) is 0 Å². The number of rotatable bonds is 1. The minimum Gasteiger partial charge on any atom is -0.626 e. The number of hydrogen-bond donors (Lipinski definition) is 0. The van der Waals surface area contributed by atoms with Crippen LogP contribution < -0.4 is 4.81 Å². The molecule has 4 heteroatoms. The summed E-state index contributed by atoms with van der Waals surface area (Å²) in [5, 5.41) is 21.7. The van der Waals surface area contributed by atoms with E-state index in [0.717, 1.165) is 19.2 Å². The molecule has 0 radical (unpaired) electrons. The molecule has 0 aromatic heterocycles. The summed E-state index contributed by atoms with van der Waals surface area (Å²) in [4.78, 5) is -2.07. The number of quaternary nitrogens is 1. The Hall–Kier alpha value is -1.41. The van der Waals surface area contributed by atoms with Gasteiger partial charge in [-0.1, -0.05) is 5.92 Å². The number of halogens is 1. The molecule has 68 valence electrons. The first-order valence-electron chi connectivity index (χ1n) is 3.50. The summed E-state index contributed by atoms with van der Waals surface area (Å²) in [5.74, 6) is 1.37. The van der Waals surface area contributed by atoms with Crippen LogP contribution >= 0.6 is 0 Å². The summed E-state index contributed by atoms with van der Waals surface area (Å²) < 4.78 is 12.9. The fraction of sp³-hybridized carbons (Fsp3) is 0.111. The standard InChI is InChI=1S/C9H7FNO2/c1-3-7-4-5-8(10)9(6-7)11(2,12)13/h1,4-6H,2H3/q-1. The average Bonchev–Trinajstić information content (AvgIpc) is 2.03. The molecule has 0 bridgehead atoms. The van der Waals surface area contributed by atoms with E-state index in [1.807, 2.05) is 0 Å². The van der Waals surface area contributed by atoms with Crippen molar-refractivity contribution < 1.29 is 4.39 Å². The highest BCUT2D eigenvalue weighted by Gasteiger charge is 2.11. The van der Waals surface area contributed by atoms with Gasteiger partial charge in [-0.2, -0.15) is 0 Å². The molecule has 1 aromatic carbocycles. The zero-order chi connectivity index (χ0) is 10.1. The first kappa shape index (κ1) is 9.68. The van der Waals surface area contributed by atoms with Crippen LogP contribution in [0.2, 0.25) is 0 Å². The highest BCUT2D eigenvalue weighted by molar-refractivity contribution is 5.51. The first-order valence-corrected chi connectivity index (χ1v) is 3.50. The van der Waals surface area contributed by atoms with Gasteiger partial charge in [0.1, 0.15) is 0 Å². The molecule has 0 unspecified atom stereocenters. The maximum Gasteiger partial charge on any atom is 0.184 e. The predicted octanol–water partition coefficient (Wildman–Crippen LogP) is 1.74. The average molecular weight is 180 g/mol. The highest BCUT2D eigenvalue weighted by Crippen LogP contribution is 2.23. The van der Waals surface area contributed by atoms with Crippen molar-refractivity contribution in [2.75, 3.05) is 7.05 Å². The molecule has 1 aromatic rings. The Labute approximate surface area is 75.2 Å². The highest BCUT2D eigenvalue weighted by atomic mass is 19.1. The van der Waals surface area contributed by atoms with Crippen molar-refractivity contribution in [3.05, 3.63) is 40.0 Å². The molecular formula is C9H7FNO2-. The van der Waals surface area contributed by atoms with Gasteiger partial charge in [0.05, 0.1) is 7.05 Å². The Balaban J connectivity index is 3.29. The quantitative estimate of drug-likeness (QED) is 0.375. The normalized spacial score (nSPS) is 11.0. The van der Waals surface area contributed by atoms with E-state index in [4.69, 9.17) is 6.42 Å². The van der Waals surface area contributed by atoms with Crippen LogP contribution in [0.1, 0.15) is 5.56 Å². The lowest BCUT2D eigenvalue weighted by molar-refractivity contribution is 0.540. The van der Waals surface area contributed by atoms with Gasteiger partial charge in [-0.05, 0) is 12.1 Å². The van der Waals surface area contributed by atoms with E-state index in [1.54, 1.807) is 0 Å². The predicted molar refractivity (Wildman–Crippen MR) is 48.8 cm³/mol. The van der Waals surface area contributed by atoms with Crippen molar-refractivity contribution >= 4 is 5.69 Å². The molecule has 0 spiro atoms. The number of benzene rings is 1. The Morgan fingerprint density at radius 1 is 1.46 bits per heavy atom. The van der Waals surface area contributed by atoms with Gasteiger partial charge in [-0.15, -0.1) is 6.42 Å². The smallest absolute Gasteiger partial charge is 0.184 e. The lowest BCUT2D eigenvalue weighted by Gasteiger charge is -2.42. The third-order valence-electron chi connectivity index (χ3n) is 1.55. The van der Waals surface area contributed by atoms with Crippen LogP contribution in [0.4, 0.5) is 10.1 Å². The molecule has 0 amide bonds. The number of nitrogens with zero attached hydrogens (tertiary/aromatic N) is 1. The second kappa shape index (κ2) is 3.15. The molecule has 0 atom stereocenters. The molecule has 0 heterocycles. The van der Waals surface area contributed by atoms with E-state index in [9.17, 15) is 14.8 Å². The minimum absolute atomic E-state index is 0.312. The van der Waals surface area contributed by atoms with Gasteiger partial charge in [0.15, 0.2) is 11.5 Å². The van der Waals surface area contributed by atoms with E-state index in [1.165, 1.54) is 6.07 Å². The summed E-state index contributed by atoms with van der Waals surface area (Å²) in [6.07, 6.45) is 5.03. The van der Waals surface area contributed by atoms with Crippen LogP contribution in [0, 0.1) is 28.6 Å². The maximum absolute atomic E-state index is 12.9. The second-order valence-electron chi connectivity index (χ2n) is 2.66. The fourth-order valence-corrected chi connectivity index (χ4v) is 0.914. The molecule has 0 fully saturated rings. The molecule has 0 aliphatic heterocycles. The Morgan fingerprint density at radius 3 is 2.54 bits per heavy atom. The number of terminal acetylenes is 1. The summed E-state index contributed by atoms with van der Waals surface area (Å²) in [6.45, 7) is 0. The van der Waals surface area contributed by atoms with E-state index >= 15 is 0 Å². The van der Waals surface area contributed by atoms with Gasteiger partial charge >= 0.3 is 0 Å². The van der Waals surface area contributed by atoms with Gasteiger partial charge in [0.2, 0.25) is 0 Å². The van der Waals surface area contributed by atoms with Crippen molar-refractivity contribution in [3.8, 4) is 12.3 Å². The Morgan fingerprint density at radius 2 is 2.08 bits per heavy atom. The van der Waals surface area contributed by atoms with E-state index in [-0.39, 0.29) is 0 Å². The summed E-state index contributed by atoms with van der Waals surface area (Å²) in [5.41, 5.74) is -0.192. The topological polar surface area (TPSA) is 46.1 Å². The molecule has 0 saturated heterocycles. The van der Waals surface area contributed by atoms with E-state index in [2.05, 4.69) is 5.92 Å². The van der Waals surface area contributed by atoms with E-state index < -0.39 is 16.3 Å². The minimum atomic E-state index is -2.07. The molecule has 3 nitrogen and oxygen atoms in total. The van der Waals surface area contributed by atoms with Crippen molar-refractivity contribution in [3.63, 3.8) is 0 Å². The van der Waals surface area contributed by atoms with Crippen LogP contribution in [-0.4, -0.2) is 7.05 Å². The lowest BCUT2D eigenvalue weighted by atomic mass is 10.2. The van der Waals surface area contributed by atoms with Gasteiger partial charge in [-0.3, -0.25) is 0 Å². The van der Waals surface area contributed by atoms with Crippen LogP contribution in [0.3, 0.4) is 0 Å². The van der Waals surface area contributed by atoms with Crippen molar-refractivity contribution in [2.24, 2.45) is 0 Å². The van der Waals surface area contributed by atoms with Crippen molar-refractivity contribution in [1.29, 1.82) is 0 Å². The van der Waals surface area contributed by atoms with Crippen LogP contribution in [-0.2, 0) is 0 Å². The molecule has 0 N–H and O–H groups in total. The SMILES string of the molecule is C#Cc1ccc(F)c([N+](C)([O-])[O-])c1. The lowest BCUT2D eigenvalue weighted by Crippen LogP contribution is -2.31. The van der Waals surface area contributed by atoms with Gasteiger partial charge < -0.3 is 15.2 Å². The maximum atomic E-state index is 12.9. The summed E-state index contributed by atoms with van der Waals surface area (Å²) in [7, 11) is 0.790. The molecule has 0 aliphatic rings. The van der Waals surface area contributed by atoms with Crippen LogP contribution in [0.25, 0.3) is 0 Å². The largest absolute Gasteiger partial charge is 0.626 e. The third-order valence-corrected chi connectivity index (χ3v) is 1.55. The molecular weight excluding hydrogens is 173 g/mol. The third kappa shape index (κ3) is 2.04. The fourth-order valence-electron chi connectivity index (χ4n) is 0.914. The van der Waals surface area contributed by atoms with Crippen molar-refractivity contribution in [2.45, 2.75) is 0 Å². The Bertz CT molecular complexity index is 363. The van der Waals surface area contributed by atoms with Crippen LogP contribution in [0.15, 0.2) is 18.2 Å². The number of hydroxylamine groups is 2. The summed E-state index contributed by atoms with van der Waals surface area (Å²) in [6, 6.07) is 3.42. The Kier molecular flexibility index (Phi) is 2.34. The summed E-state index contributed by atoms with van der Waals surface area (Å²) >= 11 is 0. The molecule has 0 aliphatic carbocycles. The van der Waals surface area contributed by atoms with E-state index in [0.29, 0.717) is 5.56 Å². The molecule has 0 saturated carbocycles. The van der Waals surface area contributed by atoms with Crippen molar-refractivity contribution in [1.82, 2.24) is 4.81 Å². The zero-order valence-corrected chi connectivity index (χ0v) is 6.95. The van der Waals surface area contributed by atoms with Crippen LogP contribution in [0.5, 0.6) is 0 Å². The monoisotopic (exact) mass is 180 g/mol. The van der Waals surface area contributed by atoms with Gasteiger partial charge in [-0.25, -0.2) is 4.39 Å². The first-order chi connectivity index (χ1) is 5.95. The molecule has 13 heavy (non-hydrogen) atoms. The van der Waals surface area contributed by atoms with Gasteiger partial charge in [0, 0.05) is 11.6 Å².